The SMILES string of the molecule is Cc1ccc(O)c(C(=O)c2csc(C(=O)O)c2)c1. The summed E-state index contributed by atoms with van der Waals surface area (Å²) in [6.45, 7) is 1.81. The highest BCUT2D eigenvalue weighted by atomic mass is 32.1. The Kier molecular flexibility index (Phi) is 3.16. The number of benzene rings is 1. The van der Waals surface area contributed by atoms with Gasteiger partial charge in [-0.3, -0.25) is 4.79 Å². The molecule has 1 aromatic carbocycles. The lowest BCUT2D eigenvalue weighted by Gasteiger charge is -2.03. The van der Waals surface area contributed by atoms with E-state index in [1.54, 1.807) is 12.1 Å². The van der Waals surface area contributed by atoms with Gasteiger partial charge in [-0.2, -0.15) is 0 Å². The van der Waals surface area contributed by atoms with Crippen LogP contribution in [0.4, 0.5) is 0 Å². The first-order chi connectivity index (χ1) is 8.49. The van der Waals surface area contributed by atoms with Crippen molar-refractivity contribution in [1.82, 2.24) is 0 Å². The summed E-state index contributed by atoms with van der Waals surface area (Å²) in [6.07, 6.45) is 0. The van der Waals surface area contributed by atoms with E-state index in [9.17, 15) is 14.7 Å². The molecule has 0 radical (unpaired) electrons. The fourth-order valence-electron chi connectivity index (χ4n) is 1.55. The Morgan fingerprint density at radius 2 is 1.94 bits per heavy atom. The zero-order valence-corrected chi connectivity index (χ0v) is 10.3. The van der Waals surface area contributed by atoms with Gasteiger partial charge < -0.3 is 10.2 Å². The van der Waals surface area contributed by atoms with Crippen LogP contribution in [0.3, 0.4) is 0 Å². The molecule has 18 heavy (non-hydrogen) atoms. The lowest BCUT2D eigenvalue weighted by Crippen LogP contribution is -2.01. The highest BCUT2D eigenvalue weighted by Gasteiger charge is 2.17. The molecule has 0 fully saturated rings. The lowest BCUT2D eigenvalue weighted by atomic mass is 10.0. The number of aromatic hydroxyl groups is 1. The monoisotopic (exact) mass is 262 g/mol. The summed E-state index contributed by atoms with van der Waals surface area (Å²) in [5.74, 6) is -1.54. The normalized spacial score (nSPS) is 10.3. The predicted octanol–water partition coefficient (Wildman–Crippen LogP) is 2.69. The van der Waals surface area contributed by atoms with Crippen LogP contribution in [0.5, 0.6) is 5.75 Å². The summed E-state index contributed by atoms with van der Waals surface area (Å²) in [7, 11) is 0. The number of phenolic OH excluding ortho intramolecular Hbond substituents is 1. The molecule has 1 heterocycles. The molecule has 2 rings (SSSR count). The second kappa shape index (κ2) is 4.62. The second-order valence-electron chi connectivity index (χ2n) is 3.85. The summed E-state index contributed by atoms with van der Waals surface area (Å²) in [4.78, 5) is 23.0. The van der Waals surface area contributed by atoms with Crippen LogP contribution in [-0.4, -0.2) is 22.0 Å². The number of carboxylic acid groups (broad SMARTS) is 1. The van der Waals surface area contributed by atoms with Crippen LogP contribution in [0.15, 0.2) is 29.6 Å². The lowest BCUT2D eigenvalue weighted by molar-refractivity contribution is 0.0702. The van der Waals surface area contributed by atoms with E-state index < -0.39 is 5.97 Å². The van der Waals surface area contributed by atoms with Crippen LogP contribution >= 0.6 is 11.3 Å². The van der Waals surface area contributed by atoms with E-state index in [1.807, 2.05) is 6.92 Å². The molecule has 5 heteroatoms. The molecule has 0 aliphatic carbocycles. The van der Waals surface area contributed by atoms with Gasteiger partial charge in [-0.25, -0.2) is 4.79 Å². The van der Waals surface area contributed by atoms with Crippen molar-refractivity contribution in [1.29, 1.82) is 0 Å². The standard InChI is InChI=1S/C13H10O4S/c1-7-2-3-10(14)9(4-7)12(15)8-5-11(13(16)17)18-6-8/h2-6,14H,1H3,(H,16,17). The number of hydrogen-bond acceptors (Lipinski definition) is 4. The van der Waals surface area contributed by atoms with Crippen LogP contribution in [0.2, 0.25) is 0 Å². The molecule has 4 nitrogen and oxygen atoms in total. The fraction of sp³-hybridized carbons (Fsp3) is 0.0769. The second-order valence-corrected chi connectivity index (χ2v) is 4.77. The summed E-state index contributed by atoms with van der Waals surface area (Å²) in [5, 5.41) is 19.9. The highest BCUT2D eigenvalue weighted by molar-refractivity contribution is 7.12. The number of ketones is 1. The van der Waals surface area contributed by atoms with Crippen molar-refractivity contribution in [3.8, 4) is 5.75 Å². The van der Waals surface area contributed by atoms with Crippen molar-refractivity contribution in [2.45, 2.75) is 6.92 Å². The number of carbonyl (C=O) groups excluding carboxylic acids is 1. The number of aryl methyl sites for hydroxylation is 1. The van der Waals surface area contributed by atoms with Crippen LogP contribution < -0.4 is 0 Å². The minimum atomic E-state index is -1.06. The van der Waals surface area contributed by atoms with Gasteiger partial charge in [-0.05, 0) is 25.1 Å². The van der Waals surface area contributed by atoms with E-state index in [0.29, 0.717) is 0 Å². The Hall–Kier alpha value is -2.14. The van der Waals surface area contributed by atoms with Gasteiger partial charge in [0, 0.05) is 10.9 Å². The van der Waals surface area contributed by atoms with Crippen molar-refractivity contribution in [3.63, 3.8) is 0 Å². The zero-order valence-electron chi connectivity index (χ0n) is 9.51. The molecule has 2 N–H and O–H groups in total. The number of aromatic carboxylic acids is 1. The van der Waals surface area contributed by atoms with Crippen molar-refractivity contribution in [2.75, 3.05) is 0 Å². The van der Waals surface area contributed by atoms with Crippen molar-refractivity contribution in [3.05, 3.63) is 51.2 Å². The number of thiophene rings is 1. The average Bonchev–Trinajstić information content (AvgIpc) is 2.81. The van der Waals surface area contributed by atoms with E-state index >= 15 is 0 Å². The minimum Gasteiger partial charge on any atom is -0.507 e. The molecule has 2 aromatic rings. The Balaban J connectivity index is 2.41. The first-order valence-corrected chi connectivity index (χ1v) is 6.03. The molecular formula is C13H10O4S. The van der Waals surface area contributed by atoms with Gasteiger partial charge in [0.1, 0.15) is 10.6 Å². The molecule has 1 aromatic heterocycles. The van der Waals surface area contributed by atoms with Crippen LogP contribution in [-0.2, 0) is 0 Å². The van der Waals surface area contributed by atoms with Gasteiger partial charge in [0.15, 0.2) is 5.78 Å². The first-order valence-electron chi connectivity index (χ1n) is 5.15. The van der Waals surface area contributed by atoms with Crippen molar-refractivity contribution in [2.24, 2.45) is 0 Å². The molecule has 0 aliphatic rings. The number of hydrogen-bond donors (Lipinski definition) is 2. The van der Waals surface area contributed by atoms with E-state index in [0.717, 1.165) is 16.9 Å². The predicted molar refractivity (Wildman–Crippen MR) is 67.6 cm³/mol. The van der Waals surface area contributed by atoms with Gasteiger partial charge in [0.05, 0.1) is 5.56 Å². The third-order valence-electron chi connectivity index (χ3n) is 2.47. The summed E-state index contributed by atoms with van der Waals surface area (Å²) >= 11 is 0.989. The molecule has 0 saturated heterocycles. The Morgan fingerprint density at radius 1 is 1.22 bits per heavy atom. The quantitative estimate of drug-likeness (QED) is 0.834. The van der Waals surface area contributed by atoms with Crippen molar-refractivity contribution >= 4 is 23.1 Å². The molecule has 0 saturated carbocycles. The fourth-order valence-corrected chi connectivity index (χ4v) is 2.28. The summed E-state index contributed by atoms with van der Waals surface area (Å²) < 4.78 is 0. The largest absolute Gasteiger partial charge is 0.507 e. The molecule has 0 aliphatic heterocycles. The van der Waals surface area contributed by atoms with E-state index in [4.69, 9.17) is 5.11 Å². The van der Waals surface area contributed by atoms with Crippen LogP contribution in [0, 0.1) is 6.92 Å². The van der Waals surface area contributed by atoms with E-state index in [2.05, 4.69) is 0 Å². The molecule has 92 valence electrons. The van der Waals surface area contributed by atoms with Crippen molar-refractivity contribution < 1.29 is 19.8 Å². The maximum atomic E-state index is 12.1. The zero-order chi connectivity index (χ0) is 13.3. The highest BCUT2D eigenvalue weighted by Crippen LogP contribution is 2.24. The summed E-state index contributed by atoms with van der Waals surface area (Å²) in [5.41, 5.74) is 1.31. The molecule has 0 spiro atoms. The smallest absolute Gasteiger partial charge is 0.345 e. The van der Waals surface area contributed by atoms with Gasteiger partial charge in [-0.1, -0.05) is 11.6 Å². The Bertz CT molecular complexity index is 628. The third-order valence-corrected chi connectivity index (χ3v) is 3.39. The molecule has 0 atom stereocenters. The Labute approximate surface area is 107 Å². The van der Waals surface area contributed by atoms with Gasteiger partial charge in [-0.15, -0.1) is 11.3 Å². The average molecular weight is 262 g/mol. The summed E-state index contributed by atoms with van der Waals surface area (Å²) in [6, 6.07) is 6.04. The molecular weight excluding hydrogens is 252 g/mol. The van der Waals surface area contributed by atoms with Gasteiger partial charge in [0.2, 0.25) is 0 Å². The topological polar surface area (TPSA) is 74.6 Å². The maximum absolute atomic E-state index is 12.1. The number of rotatable bonds is 3. The maximum Gasteiger partial charge on any atom is 0.345 e. The third kappa shape index (κ3) is 2.26. The van der Waals surface area contributed by atoms with E-state index in [-0.39, 0.29) is 27.5 Å². The Morgan fingerprint density at radius 3 is 2.56 bits per heavy atom. The molecule has 0 bridgehead atoms. The van der Waals surface area contributed by atoms with Gasteiger partial charge in [0.25, 0.3) is 0 Å². The van der Waals surface area contributed by atoms with Crippen LogP contribution in [0.1, 0.15) is 31.2 Å². The minimum absolute atomic E-state index is 0.102. The number of carboxylic acids is 1. The number of carbonyl (C=O) groups is 2. The van der Waals surface area contributed by atoms with Crippen LogP contribution in [0.25, 0.3) is 0 Å². The van der Waals surface area contributed by atoms with Gasteiger partial charge >= 0.3 is 5.97 Å². The van der Waals surface area contributed by atoms with E-state index in [1.165, 1.54) is 17.5 Å². The number of phenols is 1. The first kappa shape index (κ1) is 12.3. The molecule has 0 amide bonds. The molecule has 0 unspecified atom stereocenters.